The minimum atomic E-state index is 0.0977. The van der Waals surface area contributed by atoms with Gasteiger partial charge in [-0.2, -0.15) is 0 Å². The summed E-state index contributed by atoms with van der Waals surface area (Å²) in [6.07, 6.45) is 10.0. The fourth-order valence-electron chi connectivity index (χ4n) is 6.16. The zero-order valence-electron chi connectivity index (χ0n) is 23.5. The molecular formula is C32H38N6O2. The third-order valence-corrected chi connectivity index (χ3v) is 8.64. The first-order chi connectivity index (χ1) is 19.5. The zero-order chi connectivity index (χ0) is 27.6. The molecular weight excluding hydrogens is 500 g/mol. The maximum Gasteiger partial charge on any atom is 0.256 e. The van der Waals surface area contributed by atoms with Gasteiger partial charge in [-0.25, -0.2) is 4.98 Å². The molecule has 2 aromatic heterocycles. The number of likely N-dealkylation sites (N-methyl/N-ethyl adjacent to an activating group) is 1. The topological polar surface area (TPSA) is 66.6 Å². The predicted octanol–water partition coefficient (Wildman–Crippen LogP) is 4.20. The smallest absolute Gasteiger partial charge is 0.256 e. The Morgan fingerprint density at radius 2 is 1.62 bits per heavy atom. The molecule has 2 saturated heterocycles. The molecule has 8 heteroatoms. The molecule has 0 saturated carbocycles. The van der Waals surface area contributed by atoms with Gasteiger partial charge < -0.3 is 23.8 Å². The number of piperidine rings is 1. The molecule has 208 valence electrons. The number of piperazine rings is 1. The molecule has 2 fully saturated rings. The standard InChI is InChI=1S/C32H38N6O2/c1-24(39)36-12-10-25(11-13-36)19-38-23-33-18-27(38)20-35-21-30(29-9-5-7-26-6-3-4-8-28(26)29)31(22-35)32(40)37-16-14-34(2)15-17-37/h3-9,18,21-23,25H,10-17,19-20H2,1-2H3. The minimum absolute atomic E-state index is 0.0977. The monoisotopic (exact) mass is 538 g/mol. The second kappa shape index (κ2) is 11.3. The quantitative estimate of drug-likeness (QED) is 0.369. The summed E-state index contributed by atoms with van der Waals surface area (Å²) in [5, 5.41) is 2.32. The summed E-state index contributed by atoms with van der Waals surface area (Å²) in [6, 6.07) is 14.7. The highest BCUT2D eigenvalue weighted by atomic mass is 16.2. The van der Waals surface area contributed by atoms with Crippen LogP contribution in [0.3, 0.4) is 0 Å². The number of benzene rings is 2. The van der Waals surface area contributed by atoms with Crippen LogP contribution in [0.4, 0.5) is 0 Å². The van der Waals surface area contributed by atoms with Gasteiger partial charge in [0.1, 0.15) is 0 Å². The first-order valence-electron chi connectivity index (χ1n) is 14.4. The second-order valence-corrected chi connectivity index (χ2v) is 11.4. The van der Waals surface area contributed by atoms with Gasteiger partial charge in [0.15, 0.2) is 0 Å². The molecule has 0 spiro atoms. The number of carbonyl (C=O) groups excluding carboxylic acids is 2. The molecule has 0 unspecified atom stereocenters. The van der Waals surface area contributed by atoms with Crippen molar-refractivity contribution in [3.05, 3.63) is 78.6 Å². The van der Waals surface area contributed by atoms with Gasteiger partial charge in [0.25, 0.3) is 5.91 Å². The molecule has 2 amide bonds. The number of carbonyl (C=O) groups is 2. The molecule has 0 N–H and O–H groups in total. The summed E-state index contributed by atoms with van der Waals surface area (Å²) in [4.78, 5) is 36.3. The molecule has 8 nitrogen and oxygen atoms in total. The average Bonchev–Trinajstić information content (AvgIpc) is 3.60. The highest BCUT2D eigenvalue weighted by molar-refractivity contribution is 6.06. The Morgan fingerprint density at radius 3 is 2.40 bits per heavy atom. The van der Waals surface area contributed by atoms with Gasteiger partial charge in [0, 0.05) is 76.9 Å². The fourth-order valence-corrected chi connectivity index (χ4v) is 6.16. The van der Waals surface area contributed by atoms with Crippen LogP contribution < -0.4 is 0 Å². The van der Waals surface area contributed by atoms with Crippen molar-refractivity contribution < 1.29 is 9.59 Å². The van der Waals surface area contributed by atoms with E-state index in [1.165, 1.54) is 5.39 Å². The average molecular weight is 539 g/mol. The van der Waals surface area contributed by atoms with Crippen LogP contribution in [0.1, 0.15) is 35.8 Å². The van der Waals surface area contributed by atoms with Gasteiger partial charge >= 0.3 is 0 Å². The molecule has 0 aliphatic carbocycles. The maximum absolute atomic E-state index is 13.9. The van der Waals surface area contributed by atoms with Crippen molar-refractivity contribution in [3.8, 4) is 11.1 Å². The second-order valence-electron chi connectivity index (χ2n) is 11.4. The largest absolute Gasteiger partial charge is 0.347 e. The van der Waals surface area contributed by atoms with Gasteiger partial charge in [-0.1, -0.05) is 42.5 Å². The number of aromatic nitrogens is 3. The van der Waals surface area contributed by atoms with Gasteiger partial charge in [0.2, 0.25) is 5.91 Å². The lowest BCUT2D eigenvalue weighted by Gasteiger charge is -2.32. The Bertz CT molecular complexity index is 1500. The van der Waals surface area contributed by atoms with Crippen molar-refractivity contribution in [1.29, 1.82) is 0 Å². The van der Waals surface area contributed by atoms with E-state index >= 15 is 0 Å². The van der Waals surface area contributed by atoms with Gasteiger partial charge in [0.05, 0.1) is 24.1 Å². The highest BCUT2D eigenvalue weighted by Gasteiger charge is 2.26. The molecule has 2 aliphatic rings. The molecule has 0 atom stereocenters. The van der Waals surface area contributed by atoms with Crippen LogP contribution in [0.15, 0.2) is 67.4 Å². The summed E-state index contributed by atoms with van der Waals surface area (Å²) in [6.45, 7) is 8.10. The number of imidazole rings is 1. The first kappa shape index (κ1) is 26.3. The van der Waals surface area contributed by atoms with Gasteiger partial charge in [-0.3, -0.25) is 9.59 Å². The van der Waals surface area contributed by atoms with Crippen LogP contribution in [-0.2, 0) is 17.9 Å². The van der Waals surface area contributed by atoms with E-state index in [1.807, 2.05) is 28.5 Å². The number of amides is 2. The Kier molecular flexibility index (Phi) is 7.43. The summed E-state index contributed by atoms with van der Waals surface area (Å²) in [7, 11) is 2.11. The molecule has 2 aromatic carbocycles. The van der Waals surface area contributed by atoms with Crippen LogP contribution in [0, 0.1) is 5.92 Å². The van der Waals surface area contributed by atoms with E-state index in [9.17, 15) is 9.59 Å². The van der Waals surface area contributed by atoms with Crippen molar-refractivity contribution in [1.82, 2.24) is 28.8 Å². The van der Waals surface area contributed by atoms with Gasteiger partial charge in [-0.15, -0.1) is 0 Å². The molecule has 0 bridgehead atoms. The Morgan fingerprint density at radius 1 is 0.875 bits per heavy atom. The lowest BCUT2D eigenvalue weighted by atomic mass is 9.96. The summed E-state index contributed by atoms with van der Waals surface area (Å²) < 4.78 is 4.39. The maximum atomic E-state index is 13.9. The fraction of sp³-hybridized carbons (Fsp3) is 0.406. The molecule has 6 rings (SSSR count). The van der Waals surface area contributed by atoms with Crippen molar-refractivity contribution in [3.63, 3.8) is 0 Å². The molecule has 2 aliphatic heterocycles. The summed E-state index contributed by atoms with van der Waals surface area (Å²) in [5.41, 5.74) is 3.93. The van der Waals surface area contributed by atoms with Crippen molar-refractivity contribution >= 4 is 22.6 Å². The molecule has 4 aromatic rings. The van der Waals surface area contributed by atoms with Crippen LogP contribution >= 0.6 is 0 Å². The van der Waals surface area contributed by atoms with E-state index in [1.54, 1.807) is 6.92 Å². The number of hydrogen-bond donors (Lipinski definition) is 0. The summed E-state index contributed by atoms with van der Waals surface area (Å²) >= 11 is 0. The first-order valence-corrected chi connectivity index (χ1v) is 14.4. The van der Waals surface area contributed by atoms with Crippen molar-refractivity contribution in [2.45, 2.75) is 32.9 Å². The SMILES string of the molecule is CC(=O)N1CCC(Cn2cncc2Cn2cc(C(=O)N3CCN(C)CC3)c(-c3cccc4ccccc34)c2)CC1. The van der Waals surface area contributed by atoms with Crippen LogP contribution in [0.5, 0.6) is 0 Å². The van der Waals surface area contributed by atoms with Crippen molar-refractivity contribution in [2.75, 3.05) is 46.3 Å². The van der Waals surface area contributed by atoms with Crippen LogP contribution in [0.25, 0.3) is 21.9 Å². The Hall–Kier alpha value is -3.91. The third-order valence-electron chi connectivity index (χ3n) is 8.64. The van der Waals surface area contributed by atoms with Crippen LogP contribution in [0.2, 0.25) is 0 Å². The number of nitrogens with zero attached hydrogens (tertiary/aromatic N) is 6. The molecule has 40 heavy (non-hydrogen) atoms. The van der Waals surface area contributed by atoms with Gasteiger partial charge in [-0.05, 0) is 42.1 Å². The number of fused-ring (bicyclic) bond motifs is 1. The number of rotatable bonds is 6. The van der Waals surface area contributed by atoms with E-state index in [0.29, 0.717) is 12.5 Å². The number of likely N-dealkylation sites (tertiary alicyclic amines) is 1. The molecule has 0 radical (unpaired) electrons. The zero-order valence-corrected chi connectivity index (χ0v) is 23.5. The van der Waals surface area contributed by atoms with E-state index in [4.69, 9.17) is 0 Å². The van der Waals surface area contributed by atoms with E-state index in [-0.39, 0.29) is 11.8 Å². The van der Waals surface area contributed by atoms with Crippen molar-refractivity contribution in [2.24, 2.45) is 5.92 Å². The summed E-state index contributed by atoms with van der Waals surface area (Å²) in [5.74, 6) is 0.785. The predicted molar refractivity (Wildman–Crippen MR) is 157 cm³/mol. The van der Waals surface area contributed by atoms with Crippen LogP contribution in [-0.4, -0.2) is 86.9 Å². The lowest BCUT2D eigenvalue weighted by molar-refractivity contribution is -0.130. The Balaban J connectivity index is 1.29. The van der Waals surface area contributed by atoms with E-state index < -0.39 is 0 Å². The van der Waals surface area contributed by atoms with E-state index in [2.05, 4.69) is 74.7 Å². The molecule has 4 heterocycles. The minimum Gasteiger partial charge on any atom is -0.347 e. The number of hydrogen-bond acceptors (Lipinski definition) is 4. The normalized spacial score (nSPS) is 17.1. The lowest BCUT2D eigenvalue weighted by Crippen LogP contribution is -2.47. The third kappa shape index (κ3) is 5.41. The Labute approximate surface area is 235 Å². The highest BCUT2D eigenvalue weighted by Crippen LogP contribution is 2.33. The van der Waals surface area contributed by atoms with E-state index in [0.717, 1.165) is 86.4 Å².